The Balaban J connectivity index is 1.71. The van der Waals surface area contributed by atoms with E-state index in [0.717, 1.165) is 33.3 Å². The lowest BCUT2D eigenvalue weighted by atomic mass is 9.69. The smallest absolute Gasteiger partial charge is 0.232 e. The fourth-order valence-electron chi connectivity index (χ4n) is 5.48. The molecule has 174 valence electrons. The Hall–Kier alpha value is -3.60. The first kappa shape index (κ1) is 22.2. The van der Waals surface area contributed by atoms with Crippen molar-refractivity contribution in [3.05, 3.63) is 77.5 Å². The molecule has 0 radical (unpaired) electrons. The van der Waals surface area contributed by atoms with Crippen molar-refractivity contribution in [3.8, 4) is 11.5 Å². The standard InChI is InChI=1S/C29H29NO4/c1-29(2)16-23-27(24(31)17-29)22(21-10-7-11-25(33-3)28(21)34-4)15-26(32)30(23)20-13-12-18-8-5-6-9-19(18)14-20/h5-14,22H,15-17H2,1-4H3. The van der Waals surface area contributed by atoms with Gasteiger partial charge in [0.05, 0.1) is 14.2 Å². The number of hydrogen-bond donors (Lipinski definition) is 0. The largest absolute Gasteiger partial charge is 0.493 e. The third-order valence-corrected chi connectivity index (χ3v) is 6.94. The number of nitrogens with zero attached hydrogens (tertiary/aromatic N) is 1. The average molecular weight is 456 g/mol. The maximum atomic E-state index is 13.7. The van der Waals surface area contributed by atoms with E-state index < -0.39 is 0 Å². The first-order chi connectivity index (χ1) is 16.3. The Bertz CT molecular complexity index is 1340. The molecule has 0 aromatic heterocycles. The van der Waals surface area contributed by atoms with Gasteiger partial charge in [-0.1, -0.05) is 56.3 Å². The van der Waals surface area contributed by atoms with Crippen LogP contribution in [0.5, 0.6) is 11.5 Å². The van der Waals surface area contributed by atoms with Gasteiger partial charge in [0.25, 0.3) is 0 Å². The van der Waals surface area contributed by atoms with E-state index in [1.807, 2.05) is 54.6 Å². The molecule has 1 heterocycles. The molecule has 0 spiro atoms. The lowest BCUT2D eigenvalue weighted by Crippen LogP contribution is -2.43. The fourth-order valence-corrected chi connectivity index (χ4v) is 5.48. The number of methoxy groups -OCH3 is 2. The van der Waals surface area contributed by atoms with Gasteiger partial charge in [-0.3, -0.25) is 14.5 Å². The second-order valence-electron chi connectivity index (χ2n) is 9.90. The number of amides is 1. The highest BCUT2D eigenvalue weighted by Gasteiger charge is 2.45. The van der Waals surface area contributed by atoms with Crippen molar-refractivity contribution in [2.45, 2.75) is 39.0 Å². The molecule has 1 aliphatic heterocycles. The van der Waals surface area contributed by atoms with E-state index in [1.165, 1.54) is 0 Å². The summed E-state index contributed by atoms with van der Waals surface area (Å²) in [6, 6.07) is 19.8. The summed E-state index contributed by atoms with van der Waals surface area (Å²) in [7, 11) is 3.18. The van der Waals surface area contributed by atoms with Gasteiger partial charge in [-0.05, 0) is 40.8 Å². The van der Waals surface area contributed by atoms with Gasteiger partial charge in [-0.15, -0.1) is 0 Å². The zero-order valence-corrected chi connectivity index (χ0v) is 20.1. The number of carbonyl (C=O) groups excluding carboxylic acids is 2. The summed E-state index contributed by atoms with van der Waals surface area (Å²) in [5.41, 5.74) is 2.92. The van der Waals surface area contributed by atoms with E-state index in [4.69, 9.17) is 9.47 Å². The Morgan fingerprint density at radius 1 is 0.882 bits per heavy atom. The zero-order chi connectivity index (χ0) is 24.0. The number of Topliss-reactive ketones (excluding diaryl/α,β-unsaturated/α-hetero) is 1. The average Bonchev–Trinajstić information content (AvgIpc) is 2.81. The molecule has 0 bridgehead atoms. The van der Waals surface area contributed by atoms with E-state index in [2.05, 4.69) is 19.9 Å². The van der Waals surface area contributed by atoms with Gasteiger partial charge < -0.3 is 9.47 Å². The summed E-state index contributed by atoms with van der Waals surface area (Å²) in [5, 5.41) is 2.18. The molecular weight excluding hydrogens is 426 g/mol. The molecular formula is C29H29NO4. The van der Waals surface area contributed by atoms with Crippen LogP contribution in [0, 0.1) is 5.41 Å². The molecule has 1 unspecified atom stereocenters. The SMILES string of the molecule is COc1cccc(C2CC(=O)N(c3ccc4ccccc4c3)C3=C2C(=O)CC(C)(C)C3)c1OC. The normalized spacial score (nSPS) is 19.9. The van der Waals surface area contributed by atoms with E-state index in [9.17, 15) is 9.59 Å². The summed E-state index contributed by atoms with van der Waals surface area (Å²) < 4.78 is 11.2. The molecule has 3 aromatic rings. The number of allylic oxidation sites excluding steroid dienone is 2. The van der Waals surface area contributed by atoms with Crippen molar-refractivity contribution in [1.82, 2.24) is 0 Å². The molecule has 0 fully saturated rings. The molecule has 34 heavy (non-hydrogen) atoms. The van der Waals surface area contributed by atoms with Crippen LogP contribution >= 0.6 is 0 Å². The van der Waals surface area contributed by atoms with Crippen molar-refractivity contribution < 1.29 is 19.1 Å². The van der Waals surface area contributed by atoms with Gasteiger partial charge in [0.2, 0.25) is 5.91 Å². The first-order valence-electron chi connectivity index (χ1n) is 11.6. The molecule has 2 aliphatic rings. The number of benzene rings is 3. The van der Waals surface area contributed by atoms with Gasteiger partial charge in [0, 0.05) is 41.3 Å². The van der Waals surface area contributed by atoms with Crippen molar-refractivity contribution in [3.63, 3.8) is 0 Å². The summed E-state index contributed by atoms with van der Waals surface area (Å²) in [5.74, 6) is 0.878. The van der Waals surface area contributed by atoms with Crippen LogP contribution in [0.4, 0.5) is 5.69 Å². The van der Waals surface area contributed by atoms with Crippen LogP contribution in [0.25, 0.3) is 10.8 Å². The van der Waals surface area contributed by atoms with Crippen molar-refractivity contribution in [2.24, 2.45) is 5.41 Å². The Morgan fingerprint density at radius 3 is 2.38 bits per heavy atom. The lowest BCUT2D eigenvalue weighted by Gasteiger charge is -2.43. The number of carbonyl (C=O) groups is 2. The van der Waals surface area contributed by atoms with Crippen LogP contribution < -0.4 is 14.4 Å². The number of hydrogen-bond acceptors (Lipinski definition) is 4. The minimum absolute atomic E-state index is 0.0191. The monoisotopic (exact) mass is 455 g/mol. The van der Waals surface area contributed by atoms with Crippen LogP contribution in [-0.4, -0.2) is 25.9 Å². The highest BCUT2D eigenvalue weighted by Crippen LogP contribution is 2.50. The second-order valence-corrected chi connectivity index (χ2v) is 9.90. The van der Waals surface area contributed by atoms with Gasteiger partial charge in [-0.25, -0.2) is 0 Å². The van der Waals surface area contributed by atoms with E-state index >= 15 is 0 Å². The minimum Gasteiger partial charge on any atom is -0.493 e. The molecule has 0 saturated heterocycles. The van der Waals surface area contributed by atoms with Crippen LogP contribution in [0.2, 0.25) is 0 Å². The van der Waals surface area contributed by atoms with Crippen molar-refractivity contribution in [1.29, 1.82) is 0 Å². The maximum absolute atomic E-state index is 13.7. The topological polar surface area (TPSA) is 55.8 Å². The molecule has 5 nitrogen and oxygen atoms in total. The number of anilines is 1. The van der Waals surface area contributed by atoms with Crippen molar-refractivity contribution in [2.75, 3.05) is 19.1 Å². The molecule has 5 heteroatoms. The summed E-state index contributed by atoms with van der Waals surface area (Å²) >= 11 is 0. The number of fused-ring (bicyclic) bond motifs is 1. The lowest BCUT2D eigenvalue weighted by molar-refractivity contribution is -0.121. The summed E-state index contributed by atoms with van der Waals surface area (Å²) in [6.45, 7) is 4.18. The third-order valence-electron chi connectivity index (χ3n) is 6.94. The van der Waals surface area contributed by atoms with Gasteiger partial charge >= 0.3 is 0 Å². The van der Waals surface area contributed by atoms with Crippen molar-refractivity contribution >= 4 is 28.2 Å². The Morgan fingerprint density at radius 2 is 1.65 bits per heavy atom. The summed E-state index contributed by atoms with van der Waals surface area (Å²) in [4.78, 5) is 29.1. The molecule has 0 N–H and O–H groups in total. The Labute approximate surface area is 200 Å². The quantitative estimate of drug-likeness (QED) is 0.483. The molecule has 1 atom stereocenters. The number of rotatable bonds is 4. The zero-order valence-electron chi connectivity index (χ0n) is 20.1. The number of ketones is 1. The number of para-hydroxylation sites is 1. The Kier molecular flexibility index (Phi) is 5.43. The fraction of sp³-hybridized carbons (Fsp3) is 0.310. The third kappa shape index (κ3) is 3.65. The summed E-state index contributed by atoms with van der Waals surface area (Å²) in [6.07, 6.45) is 1.30. The van der Waals surface area contributed by atoms with E-state index in [-0.39, 0.29) is 29.4 Å². The molecule has 1 amide bonds. The highest BCUT2D eigenvalue weighted by atomic mass is 16.5. The molecule has 1 aliphatic carbocycles. The van der Waals surface area contributed by atoms with E-state index in [0.29, 0.717) is 24.3 Å². The van der Waals surface area contributed by atoms with Crippen LogP contribution in [0.15, 0.2) is 71.9 Å². The van der Waals surface area contributed by atoms with Crippen LogP contribution in [0.3, 0.4) is 0 Å². The molecule has 0 saturated carbocycles. The minimum atomic E-state index is -0.368. The first-order valence-corrected chi connectivity index (χ1v) is 11.6. The van der Waals surface area contributed by atoms with Crippen LogP contribution in [-0.2, 0) is 9.59 Å². The number of ether oxygens (including phenoxy) is 2. The van der Waals surface area contributed by atoms with Gasteiger partial charge in [0.15, 0.2) is 17.3 Å². The highest BCUT2D eigenvalue weighted by molar-refractivity contribution is 6.08. The van der Waals surface area contributed by atoms with Gasteiger partial charge in [0.1, 0.15) is 0 Å². The maximum Gasteiger partial charge on any atom is 0.232 e. The van der Waals surface area contributed by atoms with E-state index in [1.54, 1.807) is 19.1 Å². The molecule has 5 rings (SSSR count). The molecule has 3 aromatic carbocycles. The second kappa shape index (κ2) is 8.32. The van der Waals surface area contributed by atoms with Crippen LogP contribution in [0.1, 0.15) is 44.6 Å². The predicted octanol–water partition coefficient (Wildman–Crippen LogP) is 6.02. The van der Waals surface area contributed by atoms with Gasteiger partial charge in [-0.2, -0.15) is 0 Å². The predicted molar refractivity (Wildman–Crippen MR) is 133 cm³/mol.